The van der Waals surface area contributed by atoms with Gasteiger partial charge in [0.05, 0.1) is 34.1 Å². The second-order valence-electron chi connectivity index (χ2n) is 9.50. The summed E-state index contributed by atoms with van der Waals surface area (Å²) in [7, 11) is 1.79. The number of carbonyl (C=O) groups is 2. The van der Waals surface area contributed by atoms with Crippen molar-refractivity contribution < 1.29 is 9.59 Å². The Balaban J connectivity index is 1.65. The van der Waals surface area contributed by atoms with Crippen molar-refractivity contribution in [2.45, 2.75) is 33.7 Å². The molecule has 1 fully saturated rings. The van der Waals surface area contributed by atoms with Crippen LogP contribution >= 0.6 is 22.9 Å². The van der Waals surface area contributed by atoms with Gasteiger partial charge in [-0.15, -0.1) is 11.3 Å². The summed E-state index contributed by atoms with van der Waals surface area (Å²) in [6, 6.07) is 5.81. The smallest absolute Gasteiger partial charge is 0.227 e. The van der Waals surface area contributed by atoms with Gasteiger partial charge in [0.15, 0.2) is 0 Å². The predicted octanol–water partition coefficient (Wildman–Crippen LogP) is 4.51. The molecule has 1 aliphatic carbocycles. The van der Waals surface area contributed by atoms with Gasteiger partial charge in [0, 0.05) is 36.1 Å². The number of pyridine rings is 2. The summed E-state index contributed by atoms with van der Waals surface area (Å²) in [5, 5.41) is 3.90. The third-order valence-electron chi connectivity index (χ3n) is 6.68. The van der Waals surface area contributed by atoms with E-state index in [-0.39, 0.29) is 23.2 Å². The fraction of sp³-hybridized carbons (Fsp3) is 0.440. The number of nitrogens with two attached hydrogens (primary N) is 1. The number of hydrogen-bond acceptors (Lipinski definition) is 7. The summed E-state index contributed by atoms with van der Waals surface area (Å²) in [6.45, 7) is 7.75. The molecule has 0 aromatic carbocycles. The van der Waals surface area contributed by atoms with E-state index in [9.17, 15) is 9.59 Å². The van der Waals surface area contributed by atoms with Gasteiger partial charge in [-0.1, -0.05) is 25.4 Å². The second kappa shape index (κ2) is 9.60. The van der Waals surface area contributed by atoms with Crippen molar-refractivity contribution in [3.63, 3.8) is 0 Å². The molecule has 34 heavy (non-hydrogen) atoms. The number of nitrogens with one attached hydrogen (secondary N) is 1. The highest BCUT2D eigenvalue weighted by Crippen LogP contribution is 2.57. The largest absolute Gasteiger partial charge is 0.383 e. The highest BCUT2D eigenvalue weighted by molar-refractivity contribution is 7.19. The SMILES string of the molecule is Cc1cc(Cl)nc(-c2ccnc3cc(CN(C)C(=O)C4C(C=O)C4(C)C)sc23)c1NCCCN. The fourth-order valence-corrected chi connectivity index (χ4v) is 6.00. The lowest BCUT2D eigenvalue weighted by atomic mass is 10.1. The Labute approximate surface area is 208 Å². The summed E-state index contributed by atoms with van der Waals surface area (Å²) in [4.78, 5) is 36.2. The molecular formula is C25H30ClN5O2S. The molecule has 3 aromatic rings. The third kappa shape index (κ3) is 4.54. The van der Waals surface area contributed by atoms with Gasteiger partial charge in [0.1, 0.15) is 11.4 Å². The lowest BCUT2D eigenvalue weighted by Gasteiger charge is -2.17. The van der Waals surface area contributed by atoms with Gasteiger partial charge >= 0.3 is 0 Å². The van der Waals surface area contributed by atoms with Gasteiger partial charge in [-0.2, -0.15) is 0 Å². The molecule has 3 heterocycles. The van der Waals surface area contributed by atoms with Gasteiger partial charge in [0.25, 0.3) is 0 Å². The molecule has 1 amide bonds. The number of aryl methyl sites for hydroxylation is 1. The van der Waals surface area contributed by atoms with Crippen LogP contribution in [0.4, 0.5) is 5.69 Å². The Morgan fingerprint density at radius 2 is 2.15 bits per heavy atom. The van der Waals surface area contributed by atoms with Crippen molar-refractivity contribution in [2.75, 3.05) is 25.5 Å². The van der Waals surface area contributed by atoms with Crippen LogP contribution in [0.1, 0.15) is 30.7 Å². The lowest BCUT2D eigenvalue weighted by Crippen LogP contribution is -2.29. The third-order valence-corrected chi connectivity index (χ3v) is 8.01. The van der Waals surface area contributed by atoms with E-state index in [1.165, 1.54) is 0 Å². The van der Waals surface area contributed by atoms with Crippen LogP contribution in [-0.4, -0.2) is 47.2 Å². The number of anilines is 1. The number of thiophene rings is 1. The average Bonchev–Trinajstić information content (AvgIpc) is 3.11. The van der Waals surface area contributed by atoms with Crippen LogP contribution in [0.2, 0.25) is 5.15 Å². The Bertz CT molecular complexity index is 1240. The molecule has 2 unspecified atom stereocenters. The molecule has 2 atom stereocenters. The van der Waals surface area contributed by atoms with E-state index in [2.05, 4.69) is 15.3 Å². The number of hydrogen-bond donors (Lipinski definition) is 2. The quantitative estimate of drug-likeness (QED) is 0.255. The topological polar surface area (TPSA) is 101 Å². The first-order chi connectivity index (χ1) is 16.2. The second-order valence-corrected chi connectivity index (χ2v) is 11.0. The Kier molecular flexibility index (Phi) is 6.94. The number of aldehydes is 1. The van der Waals surface area contributed by atoms with Gasteiger partial charge in [-0.3, -0.25) is 9.78 Å². The van der Waals surface area contributed by atoms with Crippen molar-refractivity contribution in [1.82, 2.24) is 14.9 Å². The Morgan fingerprint density at radius 1 is 1.38 bits per heavy atom. The van der Waals surface area contributed by atoms with Crippen LogP contribution in [0, 0.1) is 24.2 Å². The molecule has 180 valence electrons. The molecule has 1 aliphatic rings. The standard InChI is InChI=1S/C25H30ClN5O2S/c1-14-10-19(26)30-22(21(14)29-8-5-7-27)16-6-9-28-18-11-15(34-23(16)18)12-31(4)24(33)20-17(13-32)25(20,2)3/h6,9-11,13,17,20,29H,5,7-8,12,27H2,1-4H3. The Morgan fingerprint density at radius 3 is 2.82 bits per heavy atom. The van der Waals surface area contributed by atoms with Gasteiger partial charge < -0.3 is 20.7 Å². The summed E-state index contributed by atoms with van der Waals surface area (Å²) < 4.78 is 0.993. The maximum atomic E-state index is 13.0. The molecule has 0 saturated heterocycles. The first-order valence-corrected chi connectivity index (χ1v) is 12.6. The summed E-state index contributed by atoms with van der Waals surface area (Å²) in [6.07, 6.45) is 3.52. The minimum absolute atomic E-state index is 0.00580. The zero-order valence-electron chi connectivity index (χ0n) is 19.9. The molecule has 9 heteroatoms. The maximum absolute atomic E-state index is 13.0. The number of halogens is 1. The van der Waals surface area contributed by atoms with Crippen molar-refractivity contribution in [3.8, 4) is 11.3 Å². The predicted molar refractivity (Wildman–Crippen MR) is 138 cm³/mol. The normalized spacial score (nSPS) is 18.6. The monoisotopic (exact) mass is 499 g/mol. The highest BCUT2D eigenvalue weighted by atomic mass is 35.5. The van der Waals surface area contributed by atoms with E-state index in [1.807, 2.05) is 39.0 Å². The highest BCUT2D eigenvalue weighted by Gasteiger charge is 2.62. The molecule has 4 rings (SSSR count). The molecule has 0 spiro atoms. The maximum Gasteiger partial charge on any atom is 0.227 e. The molecule has 3 aromatic heterocycles. The van der Waals surface area contributed by atoms with Gasteiger partial charge in [-0.25, -0.2) is 4.98 Å². The van der Waals surface area contributed by atoms with Crippen LogP contribution in [0.15, 0.2) is 24.4 Å². The minimum atomic E-state index is -0.272. The molecular weight excluding hydrogens is 470 g/mol. The zero-order chi connectivity index (χ0) is 24.6. The summed E-state index contributed by atoms with van der Waals surface area (Å²) in [5.41, 5.74) is 9.91. The van der Waals surface area contributed by atoms with Crippen molar-refractivity contribution in [3.05, 3.63) is 40.0 Å². The summed E-state index contributed by atoms with van der Waals surface area (Å²) >= 11 is 7.93. The van der Waals surface area contributed by atoms with E-state index < -0.39 is 0 Å². The van der Waals surface area contributed by atoms with E-state index in [0.717, 1.165) is 56.9 Å². The lowest BCUT2D eigenvalue weighted by molar-refractivity contribution is -0.133. The van der Waals surface area contributed by atoms with Gasteiger partial charge in [0.2, 0.25) is 5.91 Å². The first kappa shape index (κ1) is 24.6. The Hall–Kier alpha value is -2.55. The van der Waals surface area contributed by atoms with Crippen molar-refractivity contribution >= 4 is 51.0 Å². The number of rotatable bonds is 9. The van der Waals surface area contributed by atoms with Crippen LogP contribution in [0.25, 0.3) is 21.5 Å². The molecule has 0 aliphatic heterocycles. The van der Waals surface area contributed by atoms with E-state index >= 15 is 0 Å². The van der Waals surface area contributed by atoms with Crippen LogP contribution < -0.4 is 11.1 Å². The number of amides is 1. The number of fused-ring (bicyclic) bond motifs is 1. The molecule has 7 nitrogen and oxygen atoms in total. The van der Waals surface area contributed by atoms with Crippen LogP contribution in [0.3, 0.4) is 0 Å². The number of carbonyl (C=O) groups excluding carboxylic acids is 2. The van der Waals surface area contributed by atoms with Crippen LogP contribution in [-0.2, 0) is 16.1 Å². The first-order valence-electron chi connectivity index (χ1n) is 11.4. The van der Waals surface area contributed by atoms with Crippen molar-refractivity contribution in [1.29, 1.82) is 0 Å². The molecule has 1 saturated carbocycles. The fourth-order valence-electron chi connectivity index (χ4n) is 4.57. The van der Waals surface area contributed by atoms with Crippen LogP contribution in [0.5, 0.6) is 0 Å². The minimum Gasteiger partial charge on any atom is -0.383 e. The van der Waals surface area contributed by atoms with E-state index in [1.54, 1.807) is 29.5 Å². The molecule has 0 bridgehead atoms. The molecule has 0 radical (unpaired) electrons. The zero-order valence-corrected chi connectivity index (χ0v) is 21.5. The van der Waals surface area contributed by atoms with Crippen molar-refractivity contribution in [2.24, 2.45) is 23.0 Å². The average molecular weight is 500 g/mol. The van der Waals surface area contributed by atoms with E-state index in [0.29, 0.717) is 18.2 Å². The number of aromatic nitrogens is 2. The molecule has 3 N–H and O–H groups in total. The number of nitrogens with zero attached hydrogens (tertiary/aromatic N) is 3. The van der Waals surface area contributed by atoms with Gasteiger partial charge in [-0.05, 0) is 49.1 Å². The van der Waals surface area contributed by atoms with E-state index in [4.69, 9.17) is 17.3 Å². The summed E-state index contributed by atoms with van der Waals surface area (Å²) in [5.74, 6) is -0.453.